The summed E-state index contributed by atoms with van der Waals surface area (Å²) in [6, 6.07) is 23.4. The topological polar surface area (TPSA) is 85.1 Å². The molecule has 156 valence electrons. The van der Waals surface area contributed by atoms with E-state index in [9.17, 15) is 14.4 Å². The van der Waals surface area contributed by atoms with Crippen molar-refractivity contribution in [2.24, 2.45) is 0 Å². The average molecular weight is 414 g/mol. The molecule has 0 fully saturated rings. The smallest absolute Gasteiger partial charge is 0.279 e. The number of nitrogens with one attached hydrogen (secondary N) is 2. The van der Waals surface area contributed by atoms with Crippen molar-refractivity contribution in [3.63, 3.8) is 0 Å². The van der Waals surface area contributed by atoms with Crippen molar-refractivity contribution in [2.75, 3.05) is 10.6 Å². The molecule has 1 aromatic heterocycles. The molecular formula is C24H22N4O3. The maximum absolute atomic E-state index is 13.3. The van der Waals surface area contributed by atoms with Crippen LogP contribution in [0.4, 0.5) is 11.4 Å². The Labute approximate surface area is 178 Å². The molecule has 1 heterocycles. The van der Waals surface area contributed by atoms with E-state index in [0.717, 1.165) is 0 Å². The van der Waals surface area contributed by atoms with Crippen LogP contribution in [0.1, 0.15) is 13.3 Å². The van der Waals surface area contributed by atoms with Gasteiger partial charge in [0.25, 0.3) is 5.56 Å². The molecule has 0 saturated heterocycles. The number of rotatable bonds is 6. The molecule has 0 spiro atoms. The molecule has 0 aliphatic carbocycles. The van der Waals surface area contributed by atoms with Gasteiger partial charge >= 0.3 is 0 Å². The lowest BCUT2D eigenvalue weighted by Crippen LogP contribution is -2.27. The van der Waals surface area contributed by atoms with E-state index in [0.29, 0.717) is 34.4 Å². The predicted octanol–water partition coefficient (Wildman–Crippen LogP) is 3.78. The highest BCUT2D eigenvalue weighted by Crippen LogP contribution is 2.20. The molecule has 2 amide bonds. The number of benzene rings is 3. The quantitative estimate of drug-likeness (QED) is 0.504. The molecular weight excluding hydrogens is 392 g/mol. The maximum atomic E-state index is 13.3. The predicted molar refractivity (Wildman–Crippen MR) is 122 cm³/mol. The molecule has 0 saturated carbocycles. The van der Waals surface area contributed by atoms with Crippen molar-refractivity contribution >= 4 is 34.1 Å². The Morgan fingerprint density at radius 1 is 0.806 bits per heavy atom. The van der Waals surface area contributed by atoms with Crippen LogP contribution in [0, 0.1) is 0 Å². The number of fused-ring (bicyclic) bond motifs is 1. The van der Waals surface area contributed by atoms with Crippen LogP contribution in [-0.4, -0.2) is 21.2 Å². The van der Waals surface area contributed by atoms with Crippen molar-refractivity contribution in [3.05, 3.63) is 89.2 Å². The van der Waals surface area contributed by atoms with Gasteiger partial charge in [-0.2, -0.15) is 0 Å². The van der Waals surface area contributed by atoms with Crippen molar-refractivity contribution < 1.29 is 9.59 Å². The van der Waals surface area contributed by atoms with E-state index in [-0.39, 0.29) is 23.9 Å². The number of nitrogens with zero attached hydrogens (tertiary/aromatic N) is 2. The maximum Gasteiger partial charge on any atom is 0.279 e. The van der Waals surface area contributed by atoms with Crippen molar-refractivity contribution in [1.82, 2.24) is 9.36 Å². The first-order valence-electron chi connectivity index (χ1n) is 10.0. The number of amides is 2. The van der Waals surface area contributed by atoms with E-state index in [2.05, 4.69) is 10.6 Å². The summed E-state index contributed by atoms with van der Waals surface area (Å²) in [6.45, 7) is 1.71. The monoisotopic (exact) mass is 414 g/mol. The lowest BCUT2D eigenvalue weighted by molar-refractivity contribution is -0.117. The fourth-order valence-corrected chi connectivity index (χ4v) is 3.43. The minimum absolute atomic E-state index is 0.0524. The highest BCUT2D eigenvalue weighted by molar-refractivity contribution is 5.95. The van der Waals surface area contributed by atoms with Gasteiger partial charge in [0.2, 0.25) is 11.8 Å². The fraction of sp³-hybridized carbons (Fsp3) is 0.125. The standard InChI is InChI=1S/C24H22N4O3/c1-2-22(29)26-18-13-14-21-20(15-18)24(31)28(19-11-7-4-8-12-19)27(21)16-23(30)25-17-9-5-3-6-10-17/h3-15H,2,16H2,1H3,(H,25,30)(H,26,29). The Bertz CT molecular complexity index is 1290. The molecule has 0 aliphatic heterocycles. The van der Waals surface area contributed by atoms with Crippen LogP contribution in [0.2, 0.25) is 0 Å². The largest absolute Gasteiger partial charge is 0.326 e. The van der Waals surface area contributed by atoms with E-state index in [1.54, 1.807) is 41.9 Å². The van der Waals surface area contributed by atoms with Gasteiger partial charge in [0, 0.05) is 17.8 Å². The summed E-state index contributed by atoms with van der Waals surface area (Å²) >= 11 is 0. The molecule has 0 bridgehead atoms. The summed E-state index contributed by atoms with van der Waals surface area (Å²) in [5.41, 5.74) is 2.22. The number of hydrogen-bond donors (Lipinski definition) is 2. The van der Waals surface area contributed by atoms with Gasteiger partial charge in [0.15, 0.2) is 0 Å². The Balaban J connectivity index is 1.79. The Morgan fingerprint density at radius 2 is 1.45 bits per heavy atom. The summed E-state index contributed by atoms with van der Waals surface area (Å²) < 4.78 is 3.14. The van der Waals surface area contributed by atoms with Crippen molar-refractivity contribution in [1.29, 1.82) is 0 Å². The first-order chi connectivity index (χ1) is 15.1. The average Bonchev–Trinajstić information content (AvgIpc) is 3.05. The van der Waals surface area contributed by atoms with Crippen LogP contribution in [0.15, 0.2) is 83.7 Å². The lowest BCUT2D eigenvalue weighted by atomic mass is 10.2. The number of anilines is 2. The third-order valence-corrected chi connectivity index (χ3v) is 4.90. The minimum Gasteiger partial charge on any atom is -0.326 e. The van der Waals surface area contributed by atoms with Gasteiger partial charge in [0.05, 0.1) is 16.6 Å². The third-order valence-electron chi connectivity index (χ3n) is 4.90. The molecule has 3 aromatic carbocycles. The summed E-state index contributed by atoms with van der Waals surface area (Å²) in [5.74, 6) is -0.388. The number of aromatic nitrogens is 2. The van der Waals surface area contributed by atoms with Crippen molar-refractivity contribution in [3.8, 4) is 5.69 Å². The van der Waals surface area contributed by atoms with Crippen LogP contribution in [0.25, 0.3) is 16.6 Å². The van der Waals surface area contributed by atoms with Crippen molar-refractivity contribution in [2.45, 2.75) is 19.9 Å². The van der Waals surface area contributed by atoms with Gasteiger partial charge in [0.1, 0.15) is 6.54 Å². The van der Waals surface area contributed by atoms with Crippen LogP contribution in [0.3, 0.4) is 0 Å². The summed E-state index contributed by atoms with van der Waals surface area (Å²) in [6.07, 6.45) is 0.340. The first kappa shape index (κ1) is 20.2. The Morgan fingerprint density at radius 3 is 2.13 bits per heavy atom. The van der Waals surface area contributed by atoms with E-state index in [1.165, 1.54) is 4.68 Å². The van der Waals surface area contributed by atoms with Gasteiger partial charge in [-0.3, -0.25) is 19.1 Å². The van der Waals surface area contributed by atoms with Crippen LogP contribution in [-0.2, 0) is 16.1 Å². The number of para-hydroxylation sites is 2. The molecule has 2 N–H and O–H groups in total. The van der Waals surface area contributed by atoms with Gasteiger partial charge in [-0.15, -0.1) is 0 Å². The Kier molecular flexibility index (Phi) is 5.66. The van der Waals surface area contributed by atoms with E-state index >= 15 is 0 Å². The SMILES string of the molecule is CCC(=O)Nc1ccc2c(c1)c(=O)n(-c1ccccc1)n2CC(=O)Nc1ccccc1. The lowest BCUT2D eigenvalue weighted by Gasteiger charge is -2.13. The van der Waals surface area contributed by atoms with Gasteiger partial charge in [-0.05, 0) is 42.5 Å². The zero-order valence-electron chi connectivity index (χ0n) is 17.0. The molecule has 0 radical (unpaired) electrons. The molecule has 0 atom stereocenters. The number of carbonyl (C=O) groups is 2. The second-order valence-electron chi connectivity index (χ2n) is 7.06. The van der Waals surface area contributed by atoms with Gasteiger partial charge in [-0.25, -0.2) is 4.68 Å². The fourth-order valence-electron chi connectivity index (χ4n) is 3.43. The molecule has 4 rings (SSSR count). The van der Waals surface area contributed by atoms with Gasteiger partial charge in [-0.1, -0.05) is 43.3 Å². The number of carbonyl (C=O) groups excluding carboxylic acids is 2. The van der Waals surface area contributed by atoms with Crippen LogP contribution < -0.4 is 16.2 Å². The molecule has 4 aromatic rings. The second kappa shape index (κ2) is 8.71. The molecule has 0 aliphatic rings. The van der Waals surface area contributed by atoms with Crippen LogP contribution in [0.5, 0.6) is 0 Å². The first-order valence-corrected chi connectivity index (χ1v) is 10.0. The molecule has 7 nitrogen and oxygen atoms in total. The zero-order valence-corrected chi connectivity index (χ0v) is 17.0. The third kappa shape index (κ3) is 4.25. The number of hydrogen-bond acceptors (Lipinski definition) is 3. The van der Waals surface area contributed by atoms with Crippen LogP contribution >= 0.6 is 0 Å². The summed E-state index contributed by atoms with van der Waals surface area (Å²) in [5, 5.41) is 6.05. The van der Waals surface area contributed by atoms with E-state index < -0.39 is 0 Å². The minimum atomic E-state index is -0.263. The highest BCUT2D eigenvalue weighted by Gasteiger charge is 2.18. The Hall–Kier alpha value is -4.13. The normalized spacial score (nSPS) is 10.7. The van der Waals surface area contributed by atoms with E-state index in [1.807, 2.05) is 48.5 Å². The summed E-state index contributed by atoms with van der Waals surface area (Å²) in [7, 11) is 0. The molecule has 0 unspecified atom stereocenters. The molecule has 31 heavy (non-hydrogen) atoms. The van der Waals surface area contributed by atoms with Gasteiger partial charge < -0.3 is 10.6 Å². The zero-order chi connectivity index (χ0) is 21.8. The second-order valence-corrected chi connectivity index (χ2v) is 7.06. The van der Waals surface area contributed by atoms with E-state index in [4.69, 9.17) is 0 Å². The highest BCUT2D eigenvalue weighted by atomic mass is 16.2. The molecule has 7 heteroatoms. The summed E-state index contributed by atoms with van der Waals surface area (Å²) in [4.78, 5) is 37.8.